The van der Waals surface area contributed by atoms with E-state index in [-0.39, 0.29) is 16.2 Å². The fourth-order valence-electron chi connectivity index (χ4n) is 2.82. The van der Waals surface area contributed by atoms with Gasteiger partial charge in [0.1, 0.15) is 6.07 Å². The third-order valence-corrected chi connectivity index (χ3v) is 4.69. The minimum Gasteiger partial charge on any atom is -0.478 e. The van der Waals surface area contributed by atoms with E-state index in [9.17, 15) is 14.7 Å². The van der Waals surface area contributed by atoms with Crippen LogP contribution >= 0.6 is 23.2 Å². The van der Waals surface area contributed by atoms with Crippen LogP contribution in [-0.2, 0) is 14.3 Å². The molecule has 0 aliphatic carbocycles. The summed E-state index contributed by atoms with van der Waals surface area (Å²) in [7, 11) is 0. The van der Waals surface area contributed by atoms with Gasteiger partial charge >= 0.3 is 11.9 Å². The zero-order valence-corrected chi connectivity index (χ0v) is 15.8. The molecule has 1 aromatic rings. The molecule has 136 valence electrons. The molecule has 0 spiro atoms. The summed E-state index contributed by atoms with van der Waals surface area (Å²) in [6.07, 6.45) is -0.975. The molecule has 1 aliphatic heterocycles. The van der Waals surface area contributed by atoms with Crippen molar-refractivity contribution in [3.8, 4) is 6.07 Å². The topological polar surface area (TPSA) is 99.4 Å². The molecule has 2 atom stereocenters. The second-order valence-electron chi connectivity index (χ2n) is 5.79. The van der Waals surface area contributed by atoms with Crippen molar-refractivity contribution in [1.82, 2.24) is 5.32 Å². The van der Waals surface area contributed by atoms with Gasteiger partial charge in [0.25, 0.3) is 0 Å². The number of carboxylic acid groups (broad SMARTS) is 1. The van der Waals surface area contributed by atoms with Gasteiger partial charge in [-0.3, -0.25) is 0 Å². The van der Waals surface area contributed by atoms with Gasteiger partial charge in [-0.05, 0) is 38.5 Å². The normalized spacial score (nSPS) is 18.1. The van der Waals surface area contributed by atoms with E-state index in [1.807, 2.05) is 6.07 Å². The number of hydrogen-bond acceptors (Lipinski definition) is 5. The van der Waals surface area contributed by atoms with Crippen molar-refractivity contribution in [3.05, 3.63) is 56.3 Å². The number of halogens is 2. The summed E-state index contributed by atoms with van der Waals surface area (Å²) in [5.74, 6) is -2.87. The van der Waals surface area contributed by atoms with Crippen LogP contribution in [0.3, 0.4) is 0 Å². The summed E-state index contributed by atoms with van der Waals surface area (Å²) in [5.41, 5.74) is 1.42. The van der Waals surface area contributed by atoms with E-state index < -0.39 is 24.0 Å². The molecule has 2 N–H and O–H groups in total. The third-order valence-electron chi connectivity index (χ3n) is 3.95. The molecule has 0 saturated carbocycles. The van der Waals surface area contributed by atoms with E-state index >= 15 is 0 Å². The van der Waals surface area contributed by atoms with E-state index in [1.165, 1.54) is 19.1 Å². The largest absolute Gasteiger partial charge is 0.478 e. The van der Waals surface area contributed by atoms with Gasteiger partial charge in [0.05, 0.1) is 27.1 Å². The highest BCUT2D eigenvalue weighted by molar-refractivity contribution is 6.42. The minimum atomic E-state index is -1.18. The van der Waals surface area contributed by atoms with Crippen LogP contribution < -0.4 is 5.32 Å². The summed E-state index contributed by atoms with van der Waals surface area (Å²) in [6, 6.07) is 6.47. The van der Waals surface area contributed by atoms with Gasteiger partial charge in [0.15, 0.2) is 6.10 Å². The monoisotopic (exact) mass is 394 g/mol. The van der Waals surface area contributed by atoms with Crippen molar-refractivity contribution in [2.24, 2.45) is 0 Å². The first-order valence-electron chi connectivity index (χ1n) is 7.64. The van der Waals surface area contributed by atoms with Crippen molar-refractivity contribution in [2.45, 2.75) is 32.8 Å². The number of dihydropyridines is 1. The molecule has 0 fully saturated rings. The van der Waals surface area contributed by atoms with E-state index in [0.29, 0.717) is 22.0 Å². The molecule has 2 rings (SSSR count). The van der Waals surface area contributed by atoms with E-state index in [2.05, 4.69) is 5.32 Å². The molecule has 0 radical (unpaired) electrons. The maximum absolute atomic E-state index is 12.6. The Kier molecular flexibility index (Phi) is 5.96. The summed E-state index contributed by atoms with van der Waals surface area (Å²) in [4.78, 5) is 24.5. The predicted octanol–water partition coefficient (Wildman–Crippen LogP) is 3.77. The van der Waals surface area contributed by atoms with Gasteiger partial charge < -0.3 is 15.2 Å². The first-order chi connectivity index (χ1) is 12.2. The van der Waals surface area contributed by atoms with Gasteiger partial charge in [-0.25, -0.2) is 9.59 Å². The number of benzene rings is 1. The standard InChI is InChI=1S/C18H16Cl2N2O4/c1-8(7-21)26-18(25)15-10(3)22-9(2)14(17(23)24)16(15)11-4-5-12(19)13(20)6-11/h4-6,8,16,22H,1-3H3,(H,23,24). The molecule has 1 aliphatic rings. The zero-order valence-electron chi connectivity index (χ0n) is 14.3. The number of esters is 1. The Labute approximate surface area is 160 Å². The summed E-state index contributed by atoms with van der Waals surface area (Å²) >= 11 is 12.0. The maximum atomic E-state index is 12.6. The van der Waals surface area contributed by atoms with Crippen LogP contribution in [0.15, 0.2) is 40.7 Å². The number of hydrogen-bond donors (Lipinski definition) is 2. The third kappa shape index (κ3) is 3.85. The molecular weight excluding hydrogens is 379 g/mol. The Morgan fingerprint density at radius 2 is 1.85 bits per heavy atom. The van der Waals surface area contributed by atoms with E-state index in [0.717, 1.165) is 0 Å². The lowest BCUT2D eigenvalue weighted by atomic mass is 9.80. The first-order valence-corrected chi connectivity index (χ1v) is 8.40. The van der Waals surface area contributed by atoms with Crippen LogP contribution in [0, 0.1) is 11.3 Å². The number of nitriles is 1. The fraction of sp³-hybridized carbons (Fsp3) is 0.278. The number of carbonyl (C=O) groups is 2. The van der Waals surface area contributed by atoms with Crippen molar-refractivity contribution >= 4 is 35.1 Å². The summed E-state index contributed by atoms with van der Waals surface area (Å²) in [5, 5.41) is 22.0. The van der Waals surface area contributed by atoms with Gasteiger partial charge in [-0.2, -0.15) is 5.26 Å². The smallest absolute Gasteiger partial charge is 0.338 e. The van der Waals surface area contributed by atoms with Crippen LogP contribution in [0.25, 0.3) is 0 Å². The first kappa shape index (κ1) is 19.8. The Hall–Kier alpha value is -2.49. The van der Waals surface area contributed by atoms with Crippen molar-refractivity contribution in [3.63, 3.8) is 0 Å². The Morgan fingerprint density at radius 3 is 2.38 bits per heavy atom. The molecule has 6 nitrogen and oxygen atoms in total. The molecule has 0 bridgehead atoms. The van der Waals surface area contributed by atoms with Crippen LogP contribution in [0.2, 0.25) is 10.0 Å². The Bertz CT molecular complexity index is 884. The number of carboxylic acids is 1. The molecule has 0 aromatic heterocycles. The number of aliphatic carboxylic acids is 1. The fourth-order valence-corrected chi connectivity index (χ4v) is 3.13. The quantitative estimate of drug-likeness (QED) is 0.753. The molecule has 26 heavy (non-hydrogen) atoms. The molecular formula is C18H16Cl2N2O4. The minimum absolute atomic E-state index is 0.00875. The lowest BCUT2D eigenvalue weighted by molar-refractivity contribution is -0.141. The molecule has 1 aromatic carbocycles. The summed E-state index contributed by atoms with van der Waals surface area (Å²) in [6.45, 7) is 4.68. The number of rotatable bonds is 4. The molecule has 8 heteroatoms. The second kappa shape index (κ2) is 7.81. The number of allylic oxidation sites excluding steroid dienone is 2. The SMILES string of the molecule is CC1=C(C(=O)O)C(c2ccc(Cl)c(Cl)c2)C(C(=O)OC(C)C#N)=C(C)N1. The lowest BCUT2D eigenvalue weighted by Gasteiger charge is -2.30. The molecule has 0 saturated heterocycles. The van der Waals surface area contributed by atoms with Gasteiger partial charge in [0, 0.05) is 11.4 Å². The van der Waals surface area contributed by atoms with Crippen molar-refractivity contribution < 1.29 is 19.4 Å². The summed E-state index contributed by atoms with van der Waals surface area (Å²) < 4.78 is 5.11. The van der Waals surface area contributed by atoms with E-state index in [4.69, 9.17) is 33.2 Å². The number of nitrogens with zero attached hydrogens (tertiary/aromatic N) is 1. The van der Waals surface area contributed by atoms with Crippen LogP contribution in [-0.4, -0.2) is 23.1 Å². The van der Waals surface area contributed by atoms with Gasteiger partial charge in [0.2, 0.25) is 0 Å². The lowest BCUT2D eigenvalue weighted by Crippen LogP contribution is -2.32. The highest BCUT2D eigenvalue weighted by Crippen LogP contribution is 2.40. The van der Waals surface area contributed by atoms with Gasteiger partial charge in [-0.1, -0.05) is 29.3 Å². The van der Waals surface area contributed by atoms with Gasteiger partial charge in [-0.15, -0.1) is 0 Å². The number of nitrogens with one attached hydrogen (secondary N) is 1. The van der Waals surface area contributed by atoms with Crippen molar-refractivity contribution in [2.75, 3.05) is 0 Å². The van der Waals surface area contributed by atoms with Crippen molar-refractivity contribution in [1.29, 1.82) is 5.26 Å². The maximum Gasteiger partial charge on any atom is 0.338 e. The molecule has 0 amide bonds. The predicted molar refractivity (Wildman–Crippen MR) is 96.5 cm³/mol. The molecule has 2 unspecified atom stereocenters. The number of carbonyl (C=O) groups excluding carboxylic acids is 1. The Balaban J connectivity index is 2.64. The average molecular weight is 395 g/mol. The second-order valence-corrected chi connectivity index (χ2v) is 6.61. The van der Waals surface area contributed by atoms with Crippen LogP contribution in [0.1, 0.15) is 32.3 Å². The molecule has 1 heterocycles. The van der Waals surface area contributed by atoms with Crippen LogP contribution in [0.4, 0.5) is 0 Å². The highest BCUT2D eigenvalue weighted by atomic mass is 35.5. The highest BCUT2D eigenvalue weighted by Gasteiger charge is 2.37. The average Bonchev–Trinajstić information content (AvgIpc) is 2.55. The number of ether oxygens (including phenoxy) is 1. The Morgan fingerprint density at radius 1 is 1.23 bits per heavy atom. The zero-order chi connectivity index (χ0) is 19.6. The van der Waals surface area contributed by atoms with E-state index in [1.54, 1.807) is 19.9 Å². The van der Waals surface area contributed by atoms with Crippen LogP contribution in [0.5, 0.6) is 0 Å².